The van der Waals surface area contributed by atoms with E-state index >= 15 is 0 Å². The molecule has 2 aromatic carbocycles. The van der Waals surface area contributed by atoms with Gasteiger partial charge in [-0.15, -0.1) is 0 Å². The summed E-state index contributed by atoms with van der Waals surface area (Å²) in [5.41, 5.74) is 2.11. The lowest BCUT2D eigenvalue weighted by atomic mass is 10.1. The number of anilines is 2. The van der Waals surface area contributed by atoms with Crippen LogP contribution in [0.25, 0.3) is 0 Å². The molecule has 1 heterocycles. The molecular formula is C20H25N3O4S. The fourth-order valence-electron chi connectivity index (χ4n) is 3.23. The average Bonchev–Trinajstić information content (AvgIpc) is 2.72. The molecule has 2 aromatic rings. The van der Waals surface area contributed by atoms with Gasteiger partial charge in [0.05, 0.1) is 24.7 Å². The highest BCUT2D eigenvalue weighted by Crippen LogP contribution is 2.28. The maximum absolute atomic E-state index is 12.8. The molecule has 0 aromatic heterocycles. The second-order valence-corrected chi connectivity index (χ2v) is 8.74. The average molecular weight is 404 g/mol. The van der Waals surface area contributed by atoms with Gasteiger partial charge in [-0.1, -0.05) is 12.1 Å². The maximum Gasteiger partial charge on any atom is 0.253 e. The van der Waals surface area contributed by atoms with Crippen molar-refractivity contribution in [3.63, 3.8) is 0 Å². The number of methoxy groups -OCH3 is 1. The lowest BCUT2D eigenvalue weighted by Crippen LogP contribution is -2.48. The monoisotopic (exact) mass is 403 g/mol. The number of para-hydroxylation sites is 2. The number of hydrogen-bond donors (Lipinski definition) is 0. The van der Waals surface area contributed by atoms with E-state index in [4.69, 9.17) is 4.74 Å². The molecule has 0 N–H and O–H groups in total. The van der Waals surface area contributed by atoms with E-state index in [0.717, 1.165) is 30.8 Å². The molecule has 1 aliphatic rings. The maximum atomic E-state index is 12.8. The molecule has 3 rings (SSSR count). The van der Waals surface area contributed by atoms with Crippen LogP contribution < -0.4 is 13.9 Å². The number of rotatable bonds is 5. The Morgan fingerprint density at radius 3 is 2.18 bits per heavy atom. The highest BCUT2D eigenvalue weighted by molar-refractivity contribution is 7.92. The molecule has 0 spiro atoms. The van der Waals surface area contributed by atoms with E-state index in [1.54, 1.807) is 31.4 Å². The second kappa shape index (κ2) is 8.10. The fraction of sp³-hybridized carbons (Fsp3) is 0.350. The number of carbonyl (C=O) groups is 1. The molecule has 0 radical (unpaired) electrons. The van der Waals surface area contributed by atoms with Gasteiger partial charge in [-0.25, -0.2) is 8.42 Å². The Labute approximate surface area is 166 Å². The number of nitrogens with zero attached hydrogens (tertiary/aromatic N) is 3. The zero-order valence-electron chi connectivity index (χ0n) is 16.3. The topological polar surface area (TPSA) is 70.2 Å². The Morgan fingerprint density at radius 1 is 1.00 bits per heavy atom. The molecular weight excluding hydrogens is 378 g/mol. The number of piperazine rings is 1. The fourth-order valence-corrected chi connectivity index (χ4v) is 3.73. The molecule has 1 aliphatic heterocycles. The first-order valence-electron chi connectivity index (χ1n) is 9.02. The summed E-state index contributed by atoms with van der Waals surface area (Å²) in [6, 6.07) is 14.5. The van der Waals surface area contributed by atoms with Crippen LogP contribution in [0.1, 0.15) is 10.4 Å². The number of hydrogen-bond acceptors (Lipinski definition) is 5. The highest BCUT2D eigenvalue weighted by atomic mass is 32.2. The van der Waals surface area contributed by atoms with E-state index in [0.29, 0.717) is 24.3 Å². The van der Waals surface area contributed by atoms with Crippen molar-refractivity contribution in [3.05, 3.63) is 54.1 Å². The molecule has 28 heavy (non-hydrogen) atoms. The first-order valence-corrected chi connectivity index (χ1v) is 10.9. The van der Waals surface area contributed by atoms with Crippen LogP contribution in [-0.2, 0) is 10.0 Å². The van der Waals surface area contributed by atoms with Gasteiger partial charge in [0.1, 0.15) is 5.75 Å². The zero-order chi connectivity index (χ0) is 20.3. The summed E-state index contributed by atoms with van der Waals surface area (Å²) >= 11 is 0. The minimum absolute atomic E-state index is 0.0479. The summed E-state index contributed by atoms with van der Waals surface area (Å²) in [5, 5.41) is 0. The molecule has 0 saturated carbocycles. The third kappa shape index (κ3) is 4.22. The number of benzene rings is 2. The quantitative estimate of drug-likeness (QED) is 0.764. The Morgan fingerprint density at radius 2 is 1.61 bits per heavy atom. The highest BCUT2D eigenvalue weighted by Gasteiger charge is 2.24. The molecule has 8 heteroatoms. The van der Waals surface area contributed by atoms with E-state index in [-0.39, 0.29) is 5.91 Å². The Kier molecular flexibility index (Phi) is 5.79. The van der Waals surface area contributed by atoms with Gasteiger partial charge >= 0.3 is 0 Å². The van der Waals surface area contributed by atoms with Crippen molar-refractivity contribution in [1.29, 1.82) is 0 Å². The van der Waals surface area contributed by atoms with Gasteiger partial charge in [-0.05, 0) is 36.4 Å². The Hall–Kier alpha value is -2.74. The summed E-state index contributed by atoms with van der Waals surface area (Å²) in [6.07, 6.45) is 1.15. The predicted molar refractivity (Wildman–Crippen MR) is 111 cm³/mol. The lowest BCUT2D eigenvalue weighted by molar-refractivity contribution is 0.0746. The molecule has 0 aliphatic carbocycles. The predicted octanol–water partition coefficient (Wildman–Crippen LogP) is 2.05. The Bertz CT molecular complexity index is 936. The van der Waals surface area contributed by atoms with E-state index in [1.165, 1.54) is 11.4 Å². The molecule has 1 fully saturated rings. The standard InChI is InChI=1S/C20H25N3O4S/c1-21(28(3,25)26)17-10-8-16(9-11-17)20(24)23-14-12-22(13-15-23)18-6-4-5-7-19(18)27-2/h4-11H,12-15H2,1-3H3. The third-order valence-electron chi connectivity index (χ3n) is 4.97. The van der Waals surface area contributed by atoms with Crippen LogP contribution >= 0.6 is 0 Å². The molecule has 0 unspecified atom stereocenters. The summed E-state index contributed by atoms with van der Waals surface area (Å²) in [4.78, 5) is 16.8. The van der Waals surface area contributed by atoms with Crippen molar-refractivity contribution in [1.82, 2.24) is 4.90 Å². The van der Waals surface area contributed by atoms with Crippen molar-refractivity contribution in [2.45, 2.75) is 0 Å². The van der Waals surface area contributed by atoms with Crippen LogP contribution in [0.15, 0.2) is 48.5 Å². The second-order valence-electron chi connectivity index (χ2n) is 6.73. The first-order chi connectivity index (χ1) is 13.3. The van der Waals surface area contributed by atoms with E-state index < -0.39 is 10.0 Å². The molecule has 1 amide bonds. The van der Waals surface area contributed by atoms with Crippen molar-refractivity contribution in [2.24, 2.45) is 0 Å². The molecule has 150 valence electrons. The van der Waals surface area contributed by atoms with E-state index in [2.05, 4.69) is 4.90 Å². The van der Waals surface area contributed by atoms with Gasteiger partial charge in [-0.3, -0.25) is 9.10 Å². The van der Waals surface area contributed by atoms with Crippen LogP contribution in [0.2, 0.25) is 0 Å². The van der Waals surface area contributed by atoms with Gasteiger partial charge in [0.15, 0.2) is 0 Å². The number of ether oxygens (including phenoxy) is 1. The summed E-state index contributed by atoms with van der Waals surface area (Å²) < 4.78 is 29.9. The number of sulfonamides is 1. The first kappa shape index (κ1) is 20.0. The minimum Gasteiger partial charge on any atom is -0.495 e. The van der Waals surface area contributed by atoms with Crippen molar-refractivity contribution < 1.29 is 17.9 Å². The molecule has 7 nitrogen and oxygen atoms in total. The number of carbonyl (C=O) groups excluding carboxylic acids is 1. The minimum atomic E-state index is -3.33. The summed E-state index contributed by atoms with van der Waals surface area (Å²) in [7, 11) is -0.180. The normalized spacial score (nSPS) is 14.7. The van der Waals surface area contributed by atoms with Crippen LogP contribution in [0.4, 0.5) is 11.4 Å². The SMILES string of the molecule is COc1ccccc1N1CCN(C(=O)c2ccc(N(C)S(C)(=O)=O)cc2)CC1. The summed E-state index contributed by atoms with van der Waals surface area (Å²) in [6.45, 7) is 2.67. The van der Waals surface area contributed by atoms with E-state index in [9.17, 15) is 13.2 Å². The smallest absolute Gasteiger partial charge is 0.253 e. The zero-order valence-corrected chi connectivity index (χ0v) is 17.1. The molecule has 1 saturated heterocycles. The lowest BCUT2D eigenvalue weighted by Gasteiger charge is -2.36. The Balaban J connectivity index is 1.65. The largest absolute Gasteiger partial charge is 0.495 e. The van der Waals surface area contributed by atoms with Crippen LogP contribution in [0.3, 0.4) is 0 Å². The van der Waals surface area contributed by atoms with Crippen molar-refractivity contribution in [3.8, 4) is 5.75 Å². The van der Waals surface area contributed by atoms with Crippen LogP contribution in [0, 0.1) is 0 Å². The van der Waals surface area contributed by atoms with Crippen LogP contribution in [0.5, 0.6) is 5.75 Å². The van der Waals surface area contributed by atoms with Crippen molar-refractivity contribution >= 4 is 27.3 Å². The van der Waals surface area contributed by atoms with E-state index in [1.807, 2.05) is 29.2 Å². The third-order valence-corrected chi connectivity index (χ3v) is 6.17. The van der Waals surface area contributed by atoms with Gasteiger partial charge in [0, 0.05) is 38.8 Å². The number of amides is 1. The van der Waals surface area contributed by atoms with Gasteiger partial charge in [0.2, 0.25) is 10.0 Å². The van der Waals surface area contributed by atoms with Gasteiger partial charge in [0.25, 0.3) is 5.91 Å². The molecule has 0 atom stereocenters. The summed E-state index contributed by atoms with van der Waals surface area (Å²) in [5.74, 6) is 0.779. The van der Waals surface area contributed by atoms with Crippen molar-refractivity contribution in [2.75, 3.05) is 55.8 Å². The van der Waals surface area contributed by atoms with Gasteiger partial charge < -0.3 is 14.5 Å². The molecule has 0 bridgehead atoms. The van der Waals surface area contributed by atoms with Gasteiger partial charge in [-0.2, -0.15) is 0 Å². The van der Waals surface area contributed by atoms with Crippen LogP contribution in [-0.4, -0.2) is 65.8 Å².